The van der Waals surface area contributed by atoms with Crippen LogP contribution >= 0.6 is 23.4 Å². The summed E-state index contributed by atoms with van der Waals surface area (Å²) in [5.41, 5.74) is 0.955. The van der Waals surface area contributed by atoms with Gasteiger partial charge in [0.2, 0.25) is 5.91 Å². The Bertz CT molecular complexity index is 798. The van der Waals surface area contributed by atoms with Crippen LogP contribution in [-0.2, 0) is 4.79 Å². The number of nitrogens with one attached hydrogen (secondary N) is 1. The molecule has 0 spiro atoms. The van der Waals surface area contributed by atoms with E-state index in [9.17, 15) is 9.59 Å². The number of para-hydroxylation sites is 2. The van der Waals surface area contributed by atoms with Crippen LogP contribution in [0.2, 0.25) is 5.02 Å². The smallest absolute Gasteiger partial charge is 0.255 e. The van der Waals surface area contributed by atoms with Crippen molar-refractivity contribution in [2.45, 2.75) is 11.8 Å². The molecule has 26 heavy (non-hydrogen) atoms. The molecule has 0 bridgehead atoms. The van der Waals surface area contributed by atoms with Gasteiger partial charge in [-0.05, 0) is 43.5 Å². The number of benzene rings is 2. The third kappa shape index (κ3) is 4.93. The third-order valence-corrected chi connectivity index (χ3v) is 4.84. The molecule has 0 saturated heterocycles. The zero-order chi connectivity index (χ0) is 19.1. The van der Waals surface area contributed by atoms with Crippen molar-refractivity contribution in [3.05, 3.63) is 53.1 Å². The minimum absolute atomic E-state index is 0.0762. The summed E-state index contributed by atoms with van der Waals surface area (Å²) in [6.45, 7) is 2.13. The van der Waals surface area contributed by atoms with E-state index in [1.807, 2.05) is 25.3 Å². The lowest BCUT2D eigenvalue weighted by molar-refractivity contribution is -0.116. The Labute approximate surface area is 162 Å². The van der Waals surface area contributed by atoms with Gasteiger partial charge < -0.3 is 15.0 Å². The first-order chi connectivity index (χ1) is 12.5. The lowest BCUT2D eigenvalue weighted by atomic mass is 10.2. The lowest BCUT2D eigenvalue weighted by Crippen LogP contribution is -2.38. The molecule has 7 heteroatoms. The van der Waals surface area contributed by atoms with E-state index in [0.717, 1.165) is 4.90 Å². The normalized spacial score (nSPS) is 10.3. The Kier molecular flexibility index (Phi) is 7.36. The fourth-order valence-electron chi connectivity index (χ4n) is 2.40. The van der Waals surface area contributed by atoms with Gasteiger partial charge in [-0.2, -0.15) is 0 Å². The molecular weight excluding hydrogens is 372 g/mol. The number of methoxy groups -OCH3 is 1. The van der Waals surface area contributed by atoms with E-state index in [2.05, 4.69) is 5.32 Å². The molecular formula is C19H21ClN2O3S. The van der Waals surface area contributed by atoms with Gasteiger partial charge in [-0.1, -0.05) is 23.7 Å². The summed E-state index contributed by atoms with van der Waals surface area (Å²) >= 11 is 7.71. The predicted octanol–water partition coefficient (Wildman–Crippen LogP) is 4.17. The van der Waals surface area contributed by atoms with Crippen LogP contribution in [0.4, 0.5) is 5.69 Å². The van der Waals surface area contributed by atoms with E-state index < -0.39 is 0 Å². The number of anilines is 1. The van der Waals surface area contributed by atoms with Gasteiger partial charge in [-0.25, -0.2) is 0 Å². The van der Waals surface area contributed by atoms with Crippen molar-refractivity contribution in [2.75, 3.05) is 31.8 Å². The quantitative estimate of drug-likeness (QED) is 0.718. The van der Waals surface area contributed by atoms with Crippen LogP contribution in [0.15, 0.2) is 47.4 Å². The Morgan fingerprint density at radius 3 is 2.62 bits per heavy atom. The first-order valence-corrected chi connectivity index (χ1v) is 9.66. The van der Waals surface area contributed by atoms with Crippen LogP contribution < -0.4 is 10.1 Å². The molecule has 0 atom stereocenters. The van der Waals surface area contributed by atoms with Crippen molar-refractivity contribution < 1.29 is 14.3 Å². The Balaban J connectivity index is 2.13. The van der Waals surface area contributed by atoms with E-state index in [4.69, 9.17) is 16.3 Å². The summed E-state index contributed by atoms with van der Waals surface area (Å²) in [7, 11) is 1.54. The highest BCUT2D eigenvalue weighted by Gasteiger charge is 2.20. The van der Waals surface area contributed by atoms with Gasteiger partial charge in [0.05, 0.1) is 23.4 Å². The number of hydrogen-bond donors (Lipinski definition) is 1. The molecule has 2 rings (SSSR count). The number of likely N-dealkylation sites (N-methyl/N-ethyl adjacent to an activating group) is 1. The fourth-order valence-corrected chi connectivity index (χ4v) is 3.04. The standard InChI is InChI=1S/C19H21ClN2O3S/c1-4-22(19(24)14-11-13(26-3)9-10-15(14)20)12-18(23)21-16-7-5-6-8-17(16)25-2/h5-11H,4,12H2,1-3H3,(H,21,23). The van der Waals surface area contributed by atoms with Crippen LogP contribution in [0.1, 0.15) is 17.3 Å². The number of thioether (sulfide) groups is 1. The second kappa shape index (κ2) is 9.50. The van der Waals surface area contributed by atoms with Gasteiger partial charge in [0, 0.05) is 11.4 Å². The molecule has 138 valence electrons. The number of carbonyl (C=O) groups excluding carboxylic acids is 2. The SMILES string of the molecule is CCN(CC(=O)Nc1ccccc1OC)C(=O)c1cc(SC)ccc1Cl. The Morgan fingerprint density at radius 2 is 1.96 bits per heavy atom. The van der Waals surface area contributed by atoms with E-state index in [-0.39, 0.29) is 18.4 Å². The number of carbonyl (C=O) groups is 2. The monoisotopic (exact) mass is 392 g/mol. The summed E-state index contributed by atoms with van der Waals surface area (Å²) in [6.07, 6.45) is 1.93. The number of amides is 2. The summed E-state index contributed by atoms with van der Waals surface area (Å²) in [6, 6.07) is 12.4. The highest BCUT2D eigenvalue weighted by Crippen LogP contribution is 2.25. The average Bonchev–Trinajstić information content (AvgIpc) is 2.66. The van der Waals surface area contributed by atoms with Crippen LogP contribution in [-0.4, -0.2) is 43.2 Å². The number of nitrogens with zero attached hydrogens (tertiary/aromatic N) is 1. The van der Waals surface area contributed by atoms with Crippen LogP contribution in [0.3, 0.4) is 0 Å². The summed E-state index contributed by atoms with van der Waals surface area (Å²) < 4.78 is 5.22. The van der Waals surface area contributed by atoms with Crippen molar-refractivity contribution in [3.63, 3.8) is 0 Å². The van der Waals surface area contributed by atoms with Crippen LogP contribution in [0.5, 0.6) is 5.75 Å². The zero-order valence-corrected chi connectivity index (χ0v) is 16.5. The Morgan fingerprint density at radius 1 is 1.23 bits per heavy atom. The fraction of sp³-hybridized carbons (Fsp3) is 0.263. The molecule has 2 aromatic carbocycles. The largest absolute Gasteiger partial charge is 0.495 e. The van der Waals surface area contributed by atoms with Gasteiger partial charge in [-0.15, -0.1) is 11.8 Å². The number of rotatable bonds is 7. The second-order valence-corrected chi connectivity index (χ2v) is 6.70. The summed E-state index contributed by atoms with van der Waals surface area (Å²) in [5.74, 6) is -0.0173. The van der Waals surface area contributed by atoms with Gasteiger partial charge in [0.15, 0.2) is 0 Å². The molecule has 0 radical (unpaired) electrons. The number of hydrogen-bond acceptors (Lipinski definition) is 4. The van der Waals surface area contributed by atoms with Crippen molar-refractivity contribution in [3.8, 4) is 5.75 Å². The molecule has 0 saturated carbocycles. The zero-order valence-electron chi connectivity index (χ0n) is 14.9. The molecule has 2 aromatic rings. The predicted molar refractivity (Wildman–Crippen MR) is 106 cm³/mol. The number of ether oxygens (including phenoxy) is 1. The molecule has 0 aliphatic rings. The minimum Gasteiger partial charge on any atom is -0.495 e. The van der Waals surface area contributed by atoms with Crippen molar-refractivity contribution >= 4 is 40.9 Å². The third-order valence-electron chi connectivity index (χ3n) is 3.79. The van der Waals surface area contributed by atoms with Crippen LogP contribution in [0, 0.1) is 0 Å². The molecule has 1 N–H and O–H groups in total. The molecule has 0 heterocycles. The number of halogens is 1. The Hall–Kier alpha value is -2.18. The highest BCUT2D eigenvalue weighted by molar-refractivity contribution is 7.98. The topological polar surface area (TPSA) is 58.6 Å². The van der Waals surface area contributed by atoms with Crippen molar-refractivity contribution in [1.29, 1.82) is 0 Å². The molecule has 0 aromatic heterocycles. The van der Waals surface area contributed by atoms with Crippen molar-refractivity contribution in [2.24, 2.45) is 0 Å². The molecule has 0 aliphatic carbocycles. The van der Waals surface area contributed by atoms with E-state index in [1.165, 1.54) is 23.8 Å². The van der Waals surface area contributed by atoms with Gasteiger partial charge in [-0.3, -0.25) is 9.59 Å². The van der Waals surface area contributed by atoms with Crippen LogP contribution in [0.25, 0.3) is 0 Å². The summed E-state index contributed by atoms with van der Waals surface area (Å²) in [5, 5.41) is 3.15. The van der Waals surface area contributed by atoms with Gasteiger partial charge in [0.25, 0.3) is 5.91 Å². The van der Waals surface area contributed by atoms with E-state index in [0.29, 0.717) is 28.6 Å². The highest BCUT2D eigenvalue weighted by atomic mass is 35.5. The molecule has 0 fully saturated rings. The first-order valence-electron chi connectivity index (χ1n) is 8.05. The second-order valence-electron chi connectivity index (χ2n) is 5.41. The maximum absolute atomic E-state index is 12.8. The van der Waals surface area contributed by atoms with Gasteiger partial charge >= 0.3 is 0 Å². The molecule has 5 nitrogen and oxygen atoms in total. The molecule has 0 aliphatic heterocycles. The van der Waals surface area contributed by atoms with E-state index >= 15 is 0 Å². The molecule has 0 unspecified atom stereocenters. The molecule has 2 amide bonds. The summed E-state index contributed by atoms with van der Waals surface area (Å²) in [4.78, 5) is 27.6. The van der Waals surface area contributed by atoms with Gasteiger partial charge in [0.1, 0.15) is 12.3 Å². The van der Waals surface area contributed by atoms with E-state index in [1.54, 1.807) is 30.3 Å². The van der Waals surface area contributed by atoms with Crippen molar-refractivity contribution in [1.82, 2.24) is 4.90 Å². The minimum atomic E-state index is -0.304. The average molecular weight is 393 g/mol. The lowest BCUT2D eigenvalue weighted by Gasteiger charge is -2.21. The first kappa shape index (κ1) is 20.1. The maximum atomic E-state index is 12.8. The maximum Gasteiger partial charge on any atom is 0.255 e.